The van der Waals surface area contributed by atoms with Crippen molar-refractivity contribution in [2.45, 2.75) is 37.5 Å². The summed E-state index contributed by atoms with van der Waals surface area (Å²) in [4.78, 5) is 14.2. The van der Waals surface area contributed by atoms with Crippen LogP contribution in [0.1, 0.15) is 19.3 Å². The van der Waals surface area contributed by atoms with Gasteiger partial charge in [-0.25, -0.2) is 0 Å². The topological polar surface area (TPSA) is 75.8 Å². The molecule has 3 aliphatic rings. The first-order valence-corrected chi connectivity index (χ1v) is 6.86. The van der Waals surface area contributed by atoms with Gasteiger partial charge >= 0.3 is 0 Å². The van der Waals surface area contributed by atoms with Crippen LogP contribution >= 0.6 is 0 Å². The minimum Gasteiger partial charge on any atom is -0.391 e. The van der Waals surface area contributed by atoms with E-state index in [0.717, 1.165) is 19.4 Å². The van der Waals surface area contributed by atoms with E-state index in [2.05, 4.69) is 0 Å². The third-order valence-corrected chi connectivity index (χ3v) is 5.17. The summed E-state index contributed by atoms with van der Waals surface area (Å²) < 4.78 is 5.17. The molecule has 1 heterocycles. The zero-order valence-electron chi connectivity index (χ0n) is 10.8. The van der Waals surface area contributed by atoms with Gasteiger partial charge in [0.05, 0.1) is 24.7 Å². The lowest BCUT2D eigenvalue weighted by molar-refractivity contribution is -0.136. The highest BCUT2D eigenvalue weighted by atomic mass is 16.5. The summed E-state index contributed by atoms with van der Waals surface area (Å²) in [5.74, 6) is 1.67. The van der Waals surface area contributed by atoms with Gasteiger partial charge in [0, 0.05) is 20.2 Å². The van der Waals surface area contributed by atoms with Gasteiger partial charge in [-0.1, -0.05) is 0 Å². The van der Waals surface area contributed by atoms with E-state index in [1.54, 1.807) is 7.11 Å². The molecule has 1 amide bonds. The average Bonchev–Trinajstić information content (AvgIpc) is 2.96. The van der Waals surface area contributed by atoms with Gasteiger partial charge in [0.2, 0.25) is 5.91 Å². The average molecular weight is 254 g/mol. The molecule has 6 unspecified atom stereocenters. The number of methoxy groups -OCH3 is 1. The van der Waals surface area contributed by atoms with E-state index in [9.17, 15) is 9.90 Å². The Morgan fingerprint density at radius 1 is 1.50 bits per heavy atom. The molecule has 1 saturated heterocycles. The fourth-order valence-corrected chi connectivity index (χ4v) is 4.27. The van der Waals surface area contributed by atoms with Crippen molar-refractivity contribution in [3.05, 3.63) is 0 Å². The van der Waals surface area contributed by atoms with Crippen LogP contribution in [0.3, 0.4) is 0 Å². The van der Waals surface area contributed by atoms with Gasteiger partial charge < -0.3 is 20.5 Å². The quantitative estimate of drug-likeness (QED) is 0.714. The lowest BCUT2D eigenvalue weighted by Gasteiger charge is -2.29. The van der Waals surface area contributed by atoms with E-state index >= 15 is 0 Å². The van der Waals surface area contributed by atoms with Gasteiger partial charge in [0.1, 0.15) is 0 Å². The molecule has 2 bridgehead atoms. The number of fused-ring (bicyclic) bond motifs is 1. The number of nitrogens with zero attached hydrogens (tertiary/aromatic N) is 1. The molecule has 3 N–H and O–H groups in total. The van der Waals surface area contributed by atoms with Gasteiger partial charge in [-0.05, 0) is 30.6 Å². The number of ether oxygens (including phenoxy) is 1. The first kappa shape index (κ1) is 12.4. The van der Waals surface area contributed by atoms with Crippen molar-refractivity contribution in [1.29, 1.82) is 0 Å². The molecular formula is C13H22N2O3. The van der Waals surface area contributed by atoms with Crippen LogP contribution in [0.4, 0.5) is 0 Å². The van der Waals surface area contributed by atoms with Crippen LogP contribution in [0.15, 0.2) is 0 Å². The van der Waals surface area contributed by atoms with Crippen molar-refractivity contribution < 1.29 is 14.6 Å². The standard InChI is InChI=1S/C13H22N2O3/c1-18-9(5-14)4-11(16)15-6-8-2-7-3-10(8)12(15)13(7)17/h7-10,12-13,17H,2-6,14H2,1H3. The highest BCUT2D eigenvalue weighted by Crippen LogP contribution is 2.54. The molecule has 5 nitrogen and oxygen atoms in total. The van der Waals surface area contributed by atoms with Crippen LogP contribution in [0.2, 0.25) is 0 Å². The van der Waals surface area contributed by atoms with Crippen molar-refractivity contribution in [2.24, 2.45) is 23.5 Å². The summed E-state index contributed by atoms with van der Waals surface area (Å²) in [5, 5.41) is 10.2. The van der Waals surface area contributed by atoms with Crippen molar-refractivity contribution in [1.82, 2.24) is 4.90 Å². The van der Waals surface area contributed by atoms with Crippen LogP contribution in [-0.2, 0) is 9.53 Å². The third kappa shape index (κ3) is 1.68. The minimum atomic E-state index is -0.309. The first-order chi connectivity index (χ1) is 8.65. The zero-order chi connectivity index (χ0) is 12.9. The molecule has 3 fully saturated rings. The molecule has 0 aromatic heterocycles. The van der Waals surface area contributed by atoms with E-state index in [0.29, 0.717) is 30.7 Å². The van der Waals surface area contributed by atoms with E-state index in [1.165, 1.54) is 0 Å². The number of aliphatic hydroxyl groups is 1. The van der Waals surface area contributed by atoms with Crippen molar-refractivity contribution >= 4 is 5.91 Å². The zero-order valence-corrected chi connectivity index (χ0v) is 10.8. The largest absolute Gasteiger partial charge is 0.391 e. The molecule has 3 rings (SSSR count). The van der Waals surface area contributed by atoms with E-state index in [4.69, 9.17) is 10.5 Å². The summed E-state index contributed by atoms with van der Waals surface area (Å²) >= 11 is 0. The maximum absolute atomic E-state index is 12.3. The maximum Gasteiger partial charge on any atom is 0.225 e. The Kier molecular flexibility index (Phi) is 3.08. The lowest BCUT2D eigenvalue weighted by Crippen LogP contribution is -2.45. The molecule has 1 aliphatic heterocycles. The fourth-order valence-electron chi connectivity index (χ4n) is 4.27. The Labute approximate surface area is 107 Å². The van der Waals surface area contributed by atoms with Crippen molar-refractivity contribution in [3.63, 3.8) is 0 Å². The lowest BCUT2D eigenvalue weighted by atomic mass is 9.88. The second kappa shape index (κ2) is 4.47. The number of hydrogen-bond donors (Lipinski definition) is 2. The predicted molar refractivity (Wildman–Crippen MR) is 65.7 cm³/mol. The minimum absolute atomic E-state index is 0.0662. The Balaban J connectivity index is 1.69. The maximum atomic E-state index is 12.3. The molecule has 6 atom stereocenters. The van der Waals surface area contributed by atoms with Gasteiger partial charge in [-0.2, -0.15) is 0 Å². The predicted octanol–water partition coefficient (Wildman–Crippen LogP) is -0.422. The van der Waals surface area contributed by atoms with Crippen LogP contribution < -0.4 is 5.73 Å². The Morgan fingerprint density at radius 3 is 2.89 bits per heavy atom. The number of nitrogens with two attached hydrogens (primary N) is 1. The second-order valence-electron chi connectivity index (χ2n) is 5.98. The summed E-state index contributed by atoms with van der Waals surface area (Å²) in [6.45, 7) is 1.18. The second-order valence-corrected chi connectivity index (χ2v) is 5.98. The van der Waals surface area contributed by atoms with E-state index in [-0.39, 0.29) is 24.2 Å². The van der Waals surface area contributed by atoms with Crippen LogP contribution in [0.25, 0.3) is 0 Å². The summed E-state index contributed by atoms with van der Waals surface area (Å²) in [5.41, 5.74) is 5.55. The van der Waals surface area contributed by atoms with Crippen LogP contribution in [-0.4, -0.2) is 54.4 Å². The number of amides is 1. The number of likely N-dealkylation sites (tertiary alicyclic amines) is 1. The Morgan fingerprint density at radius 2 is 2.28 bits per heavy atom. The van der Waals surface area contributed by atoms with Gasteiger partial charge in [-0.3, -0.25) is 4.79 Å². The number of carbonyl (C=O) groups excluding carboxylic acids is 1. The fraction of sp³-hybridized carbons (Fsp3) is 0.923. The summed E-state index contributed by atoms with van der Waals surface area (Å²) in [6, 6.07) is 0.0662. The number of rotatable bonds is 4. The van der Waals surface area contributed by atoms with Crippen LogP contribution in [0, 0.1) is 17.8 Å². The molecule has 102 valence electrons. The molecule has 2 saturated carbocycles. The summed E-state index contributed by atoms with van der Waals surface area (Å²) in [7, 11) is 1.58. The Hall–Kier alpha value is -0.650. The highest BCUT2D eigenvalue weighted by molar-refractivity contribution is 5.77. The molecule has 0 aromatic carbocycles. The third-order valence-electron chi connectivity index (χ3n) is 5.17. The normalized spacial score (nSPS) is 42.6. The first-order valence-electron chi connectivity index (χ1n) is 6.86. The molecular weight excluding hydrogens is 232 g/mol. The van der Waals surface area contributed by atoms with E-state index in [1.807, 2.05) is 4.90 Å². The van der Waals surface area contributed by atoms with Crippen molar-refractivity contribution in [2.75, 3.05) is 20.2 Å². The smallest absolute Gasteiger partial charge is 0.225 e. The summed E-state index contributed by atoms with van der Waals surface area (Å²) in [6.07, 6.45) is 2.02. The molecule has 5 heteroatoms. The molecule has 18 heavy (non-hydrogen) atoms. The van der Waals surface area contributed by atoms with Crippen molar-refractivity contribution in [3.8, 4) is 0 Å². The van der Waals surface area contributed by atoms with E-state index < -0.39 is 0 Å². The van der Waals surface area contributed by atoms with Gasteiger partial charge in [0.15, 0.2) is 0 Å². The van der Waals surface area contributed by atoms with Gasteiger partial charge in [-0.15, -0.1) is 0 Å². The Bertz CT molecular complexity index is 343. The molecule has 0 radical (unpaired) electrons. The number of hydrogen-bond acceptors (Lipinski definition) is 4. The SMILES string of the molecule is COC(CN)CC(=O)N1CC2CC3CC2C1C3O. The van der Waals surface area contributed by atoms with Crippen LogP contribution in [0.5, 0.6) is 0 Å². The molecule has 0 spiro atoms. The molecule has 2 aliphatic carbocycles. The molecule has 0 aromatic rings. The monoisotopic (exact) mass is 254 g/mol. The highest BCUT2D eigenvalue weighted by Gasteiger charge is 2.59. The number of aliphatic hydroxyl groups excluding tert-OH is 1. The number of carbonyl (C=O) groups is 1. The van der Waals surface area contributed by atoms with Gasteiger partial charge in [0.25, 0.3) is 0 Å².